The van der Waals surface area contributed by atoms with Crippen LogP contribution in [0.4, 0.5) is 0 Å². The number of pyridine rings is 1. The number of benzene rings is 3. The van der Waals surface area contributed by atoms with E-state index in [-0.39, 0.29) is 39.1 Å². The van der Waals surface area contributed by atoms with Gasteiger partial charge in [-0.15, -0.1) is 0 Å². The number of aromatic nitrogens is 1. The number of carboxylic acids is 2. The monoisotopic (exact) mass is 629 g/mol. The third-order valence-corrected chi connectivity index (χ3v) is 4.20. The Morgan fingerprint density at radius 3 is 1.79 bits per heavy atom. The van der Waals surface area contributed by atoms with E-state index in [2.05, 4.69) is 35.3 Å². The van der Waals surface area contributed by atoms with Crippen molar-refractivity contribution < 1.29 is 40.9 Å². The first kappa shape index (κ1) is 29.9. The predicted octanol–water partition coefficient (Wildman–Crippen LogP) is 6.44. The fourth-order valence-corrected chi connectivity index (χ4v) is 2.84. The number of nitrogens with zero attached hydrogens (tertiary/aromatic N) is 1. The standard InChI is InChI=1S/C13H9N.C7H6O2.C6H12O2.H3N.Pt/c1-2-6-11-10(5-1)9-14-13-8-4-3-7-12(11)13;8-7(9)6-4-2-1-3-5-6;1-6(2,3)4-5(7)8;;/h1-9H;1-5H,(H,8,9);4H2,1-3H3,(H,7,8);1H3;. The first-order chi connectivity index (χ1) is 14.7. The van der Waals surface area contributed by atoms with Gasteiger partial charge in [0.25, 0.3) is 0 Å². The maximum absolute atomic E-state index is 10.2. The van der Waals surface area contributed by atoms with E-state index in [0.717, 1.165) is 5.52 Å². The molecule has 0 aliphatic carbocycles. The number of carboxylic acid groups (broad SMARTS) is 2. The van der Waals surface area contributed by atoms with Gasteiger partial charge in [0.15, 0.2) is 0 Å². The molecule has 0 atom stereocenters. The molecular weight excluding hydrogens is 599 g/mol. The van der Waals surface area contributed by atoms with Gasteiger partial charge in [-0.05, 0) is 29.0 Å². The van der Waals surface area contributed by atoms with E-state index in [4.69, 9.17) is 10.2 Å². The molecule has 33 heavy (non-hydrogen) atoms. The summed E-state index contributed by atoms with van der Waals surface area (Å²) in [6, 6.07) is 24.9. The van der Waals surface area contributed by atoms with Crippen LogP contribution in [-0.4, -0.2) is 27.1 Å². The van der Waals surface area contributed by atoms with Crippen LogP contribution in [0.1, 0.15) is 37.6 Å². The predicted molar refractivity (Wildman–Crippen MR) is 129 cm³/mol. The first-order valence-corrected chi connectivity index (χ1v) is 9.90. The summed E-state index contributed by atoms with van der Waals surface area (Å²) in [5.41, 5.74) is 1.31. The van der Waals surface area contributed by atoms with E-state index in [9.17, 15) is 9.59 Å². The smallest absolute Gasteiger partial charge is 0.335 e. The van der Waals surface area contributed by atoms with Crippen LogP contribution in [-0.2, 0) is 25.9 Å². The van der Waals surface area contributed by atoms with Crippen molar-refractivity contribution in [3.63, 3.8) is 0 Å². The average Bonchev–Trinajstić information content (AvgIpc) is 2.73. The van der Waals surface area contributed by atoms with Crippen molar-refractivity contribution in [1.82, 2.24) is 11.1 Å². The van der Waals surface area contributed by atoms with E-state index in [1.54, 1.807) is 30.3 Å². The molecule has 3 aromatic carbocycles. The SMILES string of the molecule is CC(C)(C)CC(=O)O.N.O=C(O)c1ccccc1.[Pt].c1ccc2c(c1)cnc1ccccc12. The molecule has 0 saturated heterocycles. The number of para-hydroxylation sites is 1. The summed E-state index contributed by atoms with van der Waals surface area (Å²) < 4.78 is 0. The number of aliphatic carboxylic acids is 1. The maximum atomic E-state index is 10.2. The molecule has 4 aromatic rings. The second-order valence-electron chi connectivity index (χ2n) is 8.16. The number of carbonyl (C=O) groups is 2. The van der Waals surface area contributed by atoms with E-state index in [1.165, 1.54) is 16.2 Å². The zero-order valence-electron chi connectivity index (χ0n) is 19.0. The minimum atomic E-state index is -0.879. The van der Waals surface area contributed by atoms with Crippen LogP contribution in [0.3, 0.4) is 0 Å². The van der Waals surface area contributed by atoms with Gasteiger partial charge < -0.3 is 16.4 Å². The van der Waals surface area contributed by atoms with Crippen molar-refractivity contribution >= 4 is 33.6 Å². The normalized spacial score (nSPS) is 9.79. The third-order valence-electron chi connectivity index (χ3n) is 4.20. The molecule has 7 heteroatoms. The van der Waals surface area contributed by atoms with Crippen molar-refractivity contribution in [3.8, 4) is 0 Å². The largest absolute Gasteiger partial charge is 0.481 e. The molecule has 0 unspecified atom stereocenters. The van der Waals surface area contributed by atoms with Crippen molar-refractivity contribution in [2.45, 2.75) is 27.2 Å². The number of hydrogen-bond donors (Lipinski definition) is 3. The van der Waals surface area contributed by atoms with E-state index in [0.29, 0.717) is 5.56 Å². The Balaban J connectivity index is 0.000000479. The molecule has 0 aliphatic rings. The minimum absolute atomic E-state index is 0. The summed E-state index contributed by atoms with van der Waals surface area (Å²) >= 11 is 0. The summed E-state index contributed by atoms with van der Waals surface area (Å²) in [4.78, 5) is 24.6. The van der Waals surface area contributed by atoms with Gasteiger partial charge in [-0.3, -0.25) is 9.78 Å². The molecule has 6 nitrogen and oxygen atoms in total. The van der Waals surface area contributed by atoms with Crippen molar-refractivity contribution in [1.29, 1.82) is 0 Å². The summed E-state index contributed by atoms with van der Waals surface area (Å²) in [5.74, 6) is -1.60. The Morgan fingerprint density at radius 2 is 1.30 bits per heavy atom. The average molecular weight is 630 g/mol. The molecule has 0 amide bonds. The first-order valence-electron chi connectivity index (χ1n) is 9.90. The number of hydrogen-bond acceptors (Lipinski definition) is 4. The van der Waals surface area contributed by atoms with E-state index >= 15 is 0 Å². The third kappa shape index (κ3) is 10.4. The topological polar surface area (TPSA) is 122 Å². The number of aromatic carboxylic acids is 1. The van der Waals surface area contributed by atoms with Gasteiger partial charge in [-0.1, -0.05) is 81.4 Å². The zero-order valence-corrected chi connectivity index (χ0v) is 21.2. The second-order valence-corrected chi connectivity index (χ2v) is 8.16. The Kier molecular flexibility index (Phi) is 12.8. The molecule has 0 bridgehead atoms. The van der Waals surface area contributed by atoms with Crippen LogP contribution in [0.2, 0.25) is 0 Å². The van der Waals surface area contributed by atoms with Crippen LogP contribution in [0.5, 0.6) is 0 Å². The fourth-order valence-electron chi connectivity index (χ4n) is 2.84. The Bertz CT molecular complexity index is 1100. The summed E-state index contributed by atoms with van der Waals surface area (Å²) in [7, 11) is 0. The van der Waals surface area contributed by atoms with Gasteiger partial charge in [0, 0.05) is 38.0 Å². The molecule has 0 saturated carbocycles. The molecule has 0 fully saturated rings. The number of rotatable bonds is 2. The van der Waals surface area contributed by atoms with E-state index < -0.39 is 11.9 Å². The van der Waals surface area contributed by atoms with Crippen molar-refractivity contribution in [2.24, 2.45) is 5.41 Å². The van der Waals surface area contributed by atoms with Gasteiger partial charge in [0.2, 0.25) is 0 Å². The van der Waals surface area contributed by atoms with Crippen molar-refractivity contribution in [3.05, 3.63) is 90.6 Å². The molecular formula is C26H30N2O4Pt. The summed E-state index contributed by atoms with van der Waals surface area (Å²) in [6.45, 7) is 5.71. The molecule has 1 heterocycles. The van der Waals surface area contributed by atoms with Gasteiger partial charge in [-0.2, -0.15) is 0 Å². The van der Waals surface area contributed by atoms with Crippen LogP contribution in [0.25, 0.3) is 21.7 Å². The molecule has 0 aliphatic heterocycles. The summed E-state index contributed by atoms with van der Waals surface area (Å²) in [5, 5.41) is 20.3. The molecule has 5 N–H and O–H groups in total. The molecule has 0 radical (unpaired) electrons. The Morgan fingerprint density at radius 1 is 0.788 bits per heavy atom. The molecule has 1 aromatic heterocycles. The fraction of sp³-hybridized carbons (Fsp3) is 0.192. The summed E-state index contributed by atoms with van der Waals surface area (Å²) in [6.07, 6.45) is 2.17. The van der Waals surface area contributed by atoms with Crippen LogP contribution in [0, 0.1) is 5.41 Å². The Hall–Kier alpha value is -3.08. The van der Waals surface area contributed by atoms with E-state index in [1.807, 2.05) is 45.2 Å². The van der Waals surface area contributed by atoms with Crippen molar-refractivity contribution in [2.75, 3.05) is 0 Å². The Labute approximate surface area is 208 Å². The molecule has 178 valence electrons. The van der Waals surface area contributed by atoms with Crippen LogP contribution < -0.4 is 6.15 Å². The van der Waals surface area contributed by atoms with Crippen LogP contribution in [0.15, 0.2) is 85.1 Å². The zero-order chi connectivity index (χ0) is 22.9. The van der Waals surface area contributed by atoms with Gasteiger partial charge in [-0.25, -0.2) is 4.79 Å². The van der Waals surface area contributed by atoms with Gasteiger partial charge in [0.05, 0.1) is 17.5 Å². The maximum Gasteiger partial charge on any atom is 0.335 e. The van der Waals surface area contributed by atoms with Gasteiger partial charge >= 0.3 is 11.9 Å². The second kappa shape index (κ2) is 14.1. The molecule has 4 rings (SSSR count). The molecule has 0 spiro atoms. The quantitative estimate of drug-likeness (QED) is 0.220. The number of fused-ring (bicyclic) bond motifs is 3. The van der Waals surface area contributed by atoms with Gasteiger partial charge in [0.1, 0.15) is 0 Å². The minimum Gasteiger partial charge on any atom is -0.481 e. The van der Waals surface area contributed by atoms with Crippen LogP contribution >= 0.6 is 0 Å².